The molecule has 0 amide bonds. The second kappa shape index (κ2) is 18.8. The van der Waals surface area contributed by atoms with Gasteiger partial charge in [0.15, 0.2) is 0 Å². The highest BCUT2D eigenvalue weighted by atomic mass is 16.6. The molecule has 16 atom stereocenters. The third kappa shape index (κ3) is 9.60. The van der Waals surface area contributed by atoms with E-state index in [0.717, 1.165) is 77.3 Å². The number of aliphatic hydroxyl groups excluding tert-OH is 3. The number of carbonyl (C=O) groups is 2. The molecule has 0 radical (unpaired) electrons. The van der Waals surface area contributed by atoms with Crippen LogP contribution in [-0.4, -0.2) is 115 Å². The Balaban J connectivity index is 1.39. The van der Waals surface area contributed by atoms with Crippen LogP contribution in [0.4, 0.5) is 0 Å². The summed E-state index contributed by atoms with van der Waals surface area (Å²) in [5.41, 5.74) is 12.5. The lowest BCUT2D eigenvalue weighted by Gasteiger charge is -2.60. The van der Waals surface area contributed by atoms with E-state index in [4.69, 9.17) is 25.7 Å². The summed E-state index contributed by atoms with van der Waals surface area (Å²) in [5.74, 6) is -1.06. The summed E-state index contributed by atoms with van der Waals surface area (Å²) in [7, 11) is 1.85. The van der Waals surface area contributed by atoms with E-state index >= 15 is 0 Å². The number of hydrogen-bond donors (Lipinski definition) is 8. The van der Waals surface area contributed by atoms with Gasteiger partial charge in [-0.2, -0.15) is 0 Å². The van der Waals surface area contributed by atoms with E-state index in [1.807, 2.05) is 20.0 Å². The predicted octanol–water partition coefficient (Wildman–Crippen LogP) is 1.85. The maximum absolute atomic E-state index is 14.1. The van der Waals surface area contributed by atoms with Crippen molar-refractivity contribution < 1.29 is 39.1 Å². The normalized spacial score (nSPS) is 43.9. The van der Waals surface area contributed by atoms with Crippen LogP contribution in [0.1, 0.15) is 104 Å². The second-order valence-corrected chi connectivity index (χ2v) is 18.0. The molecule has 54 heavy (non-hydrogen) atoms. The van der Waals surface area contributed by atoms with E-state index in [1.165, 1.54) is 0 Å². The average molecular weight is 762 g/mol. The van der Waals surface area contributed by atoms with Crippen LogP contribution in [0.2, 0.25) is 0 Å². The van der Waals surface area contributed by atoms with E-state index in [9.17, 15) is 24.9 Å². The minimum absolute atomic E-state index is 0.00205. The van der Waals surface area contributed by atoms with Gasteiger partial charge in [-0.15, -0.1) is 0 Å². The van der Waals surface area contributed by atoms with Crippen molar-refractivity contribution >= 4 is 11.8 Å². The zero-order chi connectivity index (χ0) is 38.6. The molecule has 4 saturated heterocycles. The molecule has 4 heterocycles. The lowest BCUT2D eigenvalue weighted by Crippen LogP contribution is -2.69. The van der Waals surface area contributed by atoms with Gasteiger partial charge in [0.05, 0.1) is 55.4 Å². The first-order valence-corrected chi connectivity index (χ1v) is 21.3. The SMILES string of the molecule is CC=C(CCNC)C(=O)O[C@H]1CC2C(O)C3C(=O)CC(CO)OC3C(C(CC3CCCC(O)C3)C3CCNC(N)C3)C2O[C@@]1(C)CCC1CCC(N)NC1. The fourth-order valence-corrected chi connectivity index (χ4v) is 11.3. The average Bonchev–Trinajstić information content (AvgIpc) is 3.15. The van der Waals surface area contributed by atoms with Crippen molar-refractivity contribution in [3.05, 3.63) is 11.6 Å². The first kappa shape index (κ1) is 42.1. The van der Waals surface area contributed by atoms with Gasteiger partial charge in [0.2, 0.25) is 0 Å². The van der Waals surface area contributed by atoms with Crippen LogP contribution in [-0.2, 0) is 23.8 Å². The van der Waals surface area contributed by atoms with Crippen molar-refractivity contribution in [1.82, 2.24) is 16.0 Å². The van der Waals surface area contributed by atoms with E-state index in [-0.39, 0.29) is 61.0 Å². The standard InChI is InChI=1S/C41H71N5O8/c1-4-25(11-14-44-3)40(51)53-32-20-30-37(50)36-31(49)19-28(22-47)52-39(36)35(38(30)54-41(32,2)13-10-23-8-9-33(42)46-21-23)29(26-12-15-45-34(43)18-26)17-24-6-5-7-27(48)16-24/h4,23-24,26-30,32-39,44-48,50H,5-22,42-43H2,1-3H3/t23?,24?,26?,27?,28?,29?,30?,32-,33?,34?,35?,36?,37?,38?,39?,41-/m0/s1. The number of fused-ring (bicyclic) bond motifs is 2. The summed E-state index contributed by atoms with van der Waals surface area (Å²) in [5, 5.41) is 43.4. The largest absolute Gasteiger partial charge is 0.456 e. The number of ether oxygens (including phenoxy) is 3. The van der Waals surface area contributed by atoms with Gasteiger partial charge >= 0.3 is 5.97 Å². The van der Waals surface area contributed by atoms with E-state index < -0.39 is 48.0 Å². The van der Waals surface area contributed by atoms with Crippen molar-refractivity contribution in [2.24, 2.45) is 52.9 Å². The van der Waals surface area contributed by atoms with Gasteiger partial charge < -0.3 is 56.9 Å². The van der Waals surface area contributed by atoms with Crippen molar-refractivity contribution in [3.8, 4) is 0 Å². The maximum atomic E-state index is 14.1. The molecule has 10 N–H and O–H groups in total. The van der Waals surface area contributed by atoms with Gasteiger partial charge in [0, 0.05) is 23.8 Å². The molecule has 14 unspecified atom stereocenters. The molecule has 6 rings (SSSR count). The Bertz CT molecular complexity index is 1280. The number of esters is 1. The van der Waals surface area contributed by atoms with Gasteiger partial charge in [-0.25, -0.2) is 4.79 Å². The quantitative estimate of drug-likeness (QED) is 0.0997. The van der Waals surface area contributed by atoms with Crippen LogP contribution >= 0.6 is 0 Å². The summed E-state index contributed by atoms with van der Waals surface area (Å²) in [6.07, 6.45) is 8.21. The zero-order valence-corrected chi connectivity index (χ0v) is 33.0. The minimum atomic E-state index is -1.06. The first-order valence-electron chi connectivity index (χ1n) is 21.3. The Morgan fingerprint density at radius 3 is 2.57 bits per heavy atom. The molecule has 0 aromatic heterocycles. The van der Waals surface area contributed by atoms with Crippen LogP contribution in [0.5, 0.6) is 0 Å². The lowest BCUT2D eigenvalue weighted by atomic mass is 9.56. The number of nitrogens with two attached hydrogens (primary N) is 2. The van der Waals surface area contributed by atoms with E-state index in [0.29, 0.717) is 43.2 Å². The number of Topliss-reactive ketones (excluding diaryl/α,β-unsaturated/α-hetero) is 1. The smallest absolute Gasteiger partial charge is 0.334 e. The summed E-state index contributed by atoms with van der Waals surface area (Å²) >= 11 is 0. The molecular formula is C41H71N5O8. The third-order valence-electron chi connectivity index (χ3n) is 14.3. The first-order chi connectivity index (χ1) is 25.9. The number of allylic oxidation sites excluding steroid dienone is 1. The van der Waals surface area contributed by atoms with Crippen LogP contribution in [0.15, 0.2) is 11.6 Å². The summed E-state index contributed by atoms with van der Waals surface area (Å²) in [6.45, 7) is 5.87. The molecule has 0 bridgehead atoms. The number of hydrogen-bond acceptors (Lipinski definition) is 13. The van der Waals surface area contributed by atoms with Crippen molar-refractivity contribution in [2.45, 2.75) is 158 Å². The zero-order valence-electron chi connectivity index (χ0n) is 33.0. The van der Waals surface area contributed by atoms with Crippen molar-refractivity contribution in [3.63, 3.8) is 0 Å². The number of piperidine rings is 2. The highest BCUT2D eigenvalue weighted by Gasteiger charge is 2.63. The number of rotatable bonds is 13. The van der Waals surface area contributed by atoms with Gasteiger partial charge in [-0.1, -0.05) is 18.9 Å². The molecule has 13 heteroatoms. The highest BCUT2D eigenvalue weighted by Crippen LogP contribution is 2.55. The molecule has 2 aliphatic carbocycles. The molecular weight excluding hydrogens is 690 g/mol. The molecule has 13 nitrogen and oxygen atoms in total. The maximum Gasteiger partial charge on any atom is 0.334 e. The van der Waals surface area contributed by atoms with Crippen LogP contribution in [0.25, 0.3) is 0 Å². The lowest BCUT2D eigenvalue weighted by molar-refractivity contribution is -0.293. The highest BCUT2D eigenvalue weighted by molar-refractivity contribution is 5.88. The Hall–Kier alpha value is -1.52. The van der Waals surface area contributed by atoms with Gasteiger partial charge in [0.25, 0.3) is 0 Å². The Morgan fingerprint density at radius 1 is 1.07 bits per heavy atom. The van der Waals surface area contributed by atoms with E-state index in [1.54, 1.807) is 0 Å². The monoisotopic (exact) mass is 762 g/mol. The second-order valence-electron chi connectivity index (χ2n) is 18.0. The Labute approximate surface area is 322 Å². The van der Waals surface area contributed by atoms with Crippen LogP contribution in [0, 0.1) is 41.4 Å². The Morgan fingerprint density at radius 2 is 1.89 bits per heavy atom. The molecule has 308 valence electrons. The van der Waals surface area contributed by atoms with E-state index in [2.05, 4.69) is 22.9 Å². The van der Waals surface area contributed by atoms with Crippen molar-refractivity contribution in [1.29, 1.82) is 0 Å². The fraction of sp³-hybridized carbons (Fsp3) is 0.902. The predicted molar refractivity (Wildman–Crippen MR) is 205 cm³/mol. The fourth-order valence-electron chi connectivity index (χ4n) is 11.3. The summed E-state index contributed by atoms with van der Waals surface area (Å²) in [6, 6.07) is 0. The van der Waals surface area contributed by atoms with Gasteiger partial charge in [-0.3, -0.25) is 4.79 Å². The molecule has 0 aromatic rings. The number of aliphatic hydroxyl groups is 3. The van der Waals surface area contributed by atoms with Crippen LogP contribution < -0.4 is 27.4 Å². The van der Waals surface area contributed by atoms with Crippen LogP contribution in [0.3, 0.4) is 0 Å². The molecule has 4 aliphatic heterocycles. The van der Waals surface area contributed by atoms with Gasteiger partial charge in [0.1, 0.15) is 17.5 Å². The topological polar surface area (TPSA) is 211 Å². The number of nitrogens with one attached hydrogen (secondary N) is 3. The molecule has 0 spiro atoms. The minimum Gasteiger partial charge on any atom is -0.456 e. The summed E-state index contributed by atoms with van der Waals surface area (Å²) < 4.78 is 20.7. The third-order valence-corrected chi connectivity index (χ3v) is 14.3. The molecule has 0 aromatic carbocycles. The van der Waals surface area contributed by atoms with Crippen molar-refractivity contribution in [2.75, 3.05) is 33.3 Å². The summed E-state index contributed by atoms with van der Waals surface area (Å²) in [4.78, 5) is 27.9. The van der Waals surface area contributed by atoms with Gasteiger partial charge in [-0.05, 0) is 135 Å². The molecule has 2 saturated carbocycles. The number of carbonyl (C=O) groups excluding carboxylic acids is 2. The Kier molecular flexibility index (Phi) is 14.7. The number of ketones is 1. The molecule has 6 fully saturated rings. The molecule has 6 aliphatic rings.